The van der Waals surface area contributed by atoms with Gasteiger partial charge in [-0.3, -0.25) is 19.7 Å². The number of urea groups is 1. The highest BCUT2D eigenvalue weighted by molar-refractivity contribution is 6.07. The minimum absolute atomic E-state index is 0.0691. The number of piperidine rings is 1. The van der Waals surface area contributed by atoms with E-state index in [-0.39, 0.29) is 17.7 Å². The summed E-state index contributed by atoms with van der Waals surface area (Å²) in [5.74, 6) is -1.01. The van der Waals surface area contributed by atoms with Crippen LogP contribution in [0.4, 0.5) is 10.5 Å². The summed E-state index contributed by atoms with van der Waals surface area (Å²) in [6.07, 6.45) is 1.44. The van der Waals surface area contributed by atoms with Crippen molar-refractivity contribution in [3.63, 3.8) is 0 Å². The van der Waals surface area contributed by atoms with E-state index >= 15 is 0 Å². The molecular weight excluding hydrogens is 408 g/mol. The molecule has 0 bridgehead atoms. The minimum atomic E-state index is -1.19. The van der Waals surface area contributed by atoms with Crippen molar-refractivity contribution in [2.45, 2.75) is 32.2 Å². The summed E-state index contributed by atoms with van der Waals surface area (Å²) in [5.41, 5.74) is 1.61. The van der Waals surface area contributed by atoms with Crippen molar-refractivity contribution in [2.24, 2.45) is 5.92 Å². The second-order valence-electron chi connectivity index (χ2n) is 8.56. The van der Waals surface area contributed by atoms with Crippen LogP contribution in [0.15, 0.2) is 48.5 Å². The van der Waals surface area contributed by atoms with E-state index in [1.807, 2.05) is 31.2 Å². The maximum Gasteiger partial charge on any atom is 0.322 e. The molecule has 0 saturated carbocycles. The lowest BCUT2D eigenvalue weighted by Gasteiger charge is -2.32. The third-order valence-electron chi connectivity index (χ3n) is 6.13. The van der Waals surface area contributed by atoms with Gasteiger partial charge >= 0.3 is 6.03 Å². The first-order valence-electron chi connectivity index (χ1n) is 10.7. The summed E-state index contributed by atoms with van der Waals surface area (Å²) in [7, 11) is 0. The van der Waals surface area contributed by atoms with Crippen LogP contribution in [0.2, 0.25) is 0 Å². The van der Waals surface area contributed by atoms with Gasteiger partial charge in [-0.05, 0) is 56.5 Å². The summed E-state index contributed by atoms with van der Waals surface area (Å²) in [6.45, 7) is 4.56. The van der Waals surface area contributed by atoms with Crippen molar-refractivity contribution in [1.29, 1.82) is 0 Å². The zero-order chi connectivity index (χ0) is 22.9. The lowest BCUT2D eigenvalue weighted by Crippen LogP contribution is -2.43. The first-order valence-corrected chi connectivity index (χ1v) is 10.7. The summed E-state index contributed by atoms with van der Waals surface area (Å²) in [5, 5.41) is 7.76. The van der Waals surface area contributed by atoms with E-state index in [2.05, 4.69) is 16.0 Å². The minimum Gasteiger partial charge on any atom is -0.338 e. The highest BCUT2D eigenvalue weighted by Gasteiger charge is 2.43. The van der Waals surface area contributed by atoms with E-state index in [1.165, 1.54) is 0 Å². The molecule has 2 aliphatic rings. The summed E-state index contributed by atoms with van der Waals surface area (Å²) < 4.78 is 0. The smallest absolute Gasteiger partial charge is 0.322 e. The number of benzene rings is 2. The van der Waals surface area contributed by atoms with Gasteiger partial charge in [-0.2, -0.15) is 0 Å². The van der Waals surface area contributed by atoms with Gasteiger partial charge in [0.15, 0.2) is 0 Å². The molecule has 0 aliphatic carbocycles. The predicted molar refractivity (Wildman–Crippen MR) is 119 cm³/mol. The van der Waals surface area contributed by atoms with E-state index in [0.717, 1.165) is 12.0 Å². The Morgan fingerprint density at radius 1 is 1.12 bits per heavy atom. The van der Waals surface area contributed by atoms with E-state index in [9.17, 15) is 19.2 Å². The number of hydrogen-bond donors (Lipinski definition) is 3. The molecule has 2 atom stereocenters. The Morgan fingerprint density at radius 2 is 1.88 bits per heavy atom. The molecule has 8 heteroatoms. The topological polar surface area (TPSA) is 108 Å². The predicted octanol–water partition coefficient (Wildman–Crippen LogP) is 2.54. The lowest BCUT2D eigenvalue weighted by atomic mass is 9.91. The highest BCUT2D eigenvalue weighted by Crippen LogP contribution is 2.27. The van der Waals surface area contributed by atoms with E-state index in [4.69, 9.17) is 0 Å². The number of aryl methyl sites for hydroxylation is 1. The largest absolute Gasteiger partial charge is 0.338 e. The molecule has 0 aromatic heterocycles. The lowest BCUT2D eigenvalue weighted by molar-refractivity contribution is -0.123. The van der Waals surface area contributed by atoms with Gasteiger partial charge in [0, 0.05) is 24.3 Å². The van der Waals surface area contributed by atoms with Crippen molar-refractivity contribution in [3.8, 4) is 0 Å². The Hall–Kier alpha value is -3.68. The van der Waals surface area contributed by atoms with Crippen molar-refractivity contribution < 1.29 is 19.2 Å². The van der Waals surface area contributed by atoms with E-state index < -0.39 is 17.5 Å². The second kappa shape index (κ2) is 8.45. The monoisotopic (exact) mass is 434 g/mol. The number of carbonyl (C=O) groups excluding carboxylic acids is 4. The van der Waals surface area contributed by atoms with Crippen LogP contribution >= 0.6 is 0 Å². The molecule has 4 rings (SSSR count). The van der Waals surface area contributed by atoms with Crippen LogP contribution in [-0.2, 0) is 15.1 Å². The second-order valence-corrected chi connectivity index (χ2v) is 8.56. The molecule has 166 valence electrons. The van der Waals surface area contributed by atoms with Crippen LogP contribution in [0, 0.1) is 12.8 Å². The van der Waals surface area contributed by atoms with Gasteiger partial charge in [-0.25, -0.2) is 4.79 Å². The molecule has 2 aliphatic heterocycles. The van der Waals surface area contributed by atoms with Crippen LogP contribution in [0.3, 0.4) is 0 Å². The van der Waals surface area contributed by atoms with Gasteiger partial charge in [-0.15, -0.1) is 0 Å². The molecule has 2 aromatic carbocycles. The highest BCUT2D eigenvalue weighted by atomic mass is 16.2. The summed E-state index contributed by atoms with van der Waals surface area (Å²) >= 11 is 0. The Kier molecular flexibility index (Phi) is 5.69. The average molecular weight is 434 g/mol. The fraction of sp³-hybridized carbons (Fsp3) is 0.333. The molecule has 2 heterocycles. The Morgan fingerprint density at radius 3 is 2.56 bits per heavy atom. The normalized spacial score (nSPS) is 22.8. The van der Waals surface area contributed by atoms with Gasteiger partial charge in [0.05, 0.1) is 5.92 Å². The van der Waals surface area contributed by atoms with Gasteiger partial charge in [-0.1, -0.05) is 29.8 Å². The maximum absolute atomic E-state index is 12.9. The zero-order valence-corrected chi connectivity index (χ0v) is 18.1. The first-order chi connectivity index (χ1) is 15.3. The first kappa shape index (κ1) is 21.5. The number of hydrogen-bond acceptors (Lipinski definition) is 4. The van der Waals surface area contributed by atoms with Crippen LogP contribution in [0.25, 0.3) is 0 Å². The molecule has 3 N–H and O–H groups in total. The third-order valence-corrected chi connectivity index (χ3v) is 6.13. The molecule has 0 spiro atoms. The van der Waals surface area contributed by atoms with Crippen LogP contribution in [0.5, 0.6) is 0 Å². The standard InChI is InChI=1S/C24H26N4O4/c1-15-8-10-16(11-9-15)21(30)28-12-4-5-17(14-28)20(29)25-19-7-3-6-18(13-19)24(2)22(31)26-23(32)27-24/h3,6-11,13,17H,4-5,12,14H2,1-2H3,(H,25,29)(H2,26,27,31,32). The SMILES string of the molecule is Cc1ccc(C(=O)N2CCCC(C(=O)Nc3cccc(C4(C)NC(=O)NC4=O)c3)C2)cc1. The van der Waals surface area contributed by atoms with Crippen LogP contribution in [-0.4, -0.2) is 41.7 Å². The number of nitrogens with one attached hydrogen (secondary N) is 3. The van der Waals surface area contributed by atoms with Crippen molar-refractivity contribution >= 4 is 29.4 Å². The average Bonchev–Trinajstić information content (AvgIpc) is 3.06. The zero-order valence-electron chi connectivity index (χ0n) is 18.1. The molecule has 5 amide bonds. The maximum atomic E-state index is 12.9. The van der Waals surface area contributed by atoms with Crippen molar-refractivity contribution in [2.75, 3.05) is 18.4 Å². The molecule has 32 heavy (non-hydrogen) atoms. The van der Waals surface area contributed by atoms with Crippen molar-refractivity contribution in [3.05, 3.63) is 65.2 Å². The van der Waals surface area contributed by atoms with Gasteiger partial charge in [0.25, 0.3) is 11.8 Å². The third kappa shape index (κ3) is 4.21. The van der Waals surface area contributed by atoms with E-state index in [0.29, 0.717) is 36.3 Å². The molecule has 8 nitrogen and oxygen atoms in total. The number of likely N-dealkylation sites (tertiary alicyclic amines) is 1. The molecule has 2 aromatic rings. The van der Waals surface area contributed by atoms with E-state index in [1.54, 1.807) is 36.1 Å². The Balaban J connectivity index is 1.44. The van der Waals surface area contributed by atoms with Crippen LogP contribution < -0.4 is 16.0 Å². The fourth-order valence-corrected chi connectivity index (χ4v) is 4.15. The Bertz CT molecular complexity index is 1080. The van der Waals surface area contributed by atoms with Gasteiger partial charge < -0.3 is 15.5 Å². The molecule has 2 saturated heterocycles. The summed E-state index contributed by atoms with van der Waals surface area (Å²) in [6, 6.07) is 13.7. The molecule has 2 unspecified atom stereocenters. The molecule has 2 fully saturated rings. The Labute approximate surface area is 186 Å². The number of rotatable bonds is 4. The van der Waals surface area contributed by atoms with Crippen LogP contribution in [0.1, 0.15) is 41.3 Å². The number of anilines is 1. The molecular formula is C24H26N4O4. The van der Waals surface area contributed by atoms with Gasteiger partial charge in [0.2, 0.25) is 5.91 Å². The number of amides is 5. The number of carbonyl (C=O) groups is 4. The fourth-order valence-electron chi connectivity index (χ4n) is 4.15. The van der Waals surface area contributed by atoms with Gasteiger partial charge in [0.1, 0.15) is 5.54 Å². The summed E-state index contributed by atoms with van der Waals surface area (Å²) in [4.78, 5) is 51.3. The molecule has 0 radical (unpaired) electrons. The number of imide groups is 1. The van der Waals surface area contributed by atoms with Crippen molar-refractivity contribution in [1.82, 2.24) is 15.5 Å². The quantitative estimate of drug-likeness (QED) is 0.643. The number of nitrogens with zero attached hydrogens (tertiary/aromatic N) is 1.